The standard InChI is InChI=1S/C14H6ClF5O3/c1-22-14(21)6-4-5(2-3-7(6)15)23-13-11(19)9(17)8(16)10(18)12(13)20/h2-4H,1H3. The molecule has 0 radical (unpaired) electrons. The van der Waals surface area contributed by atoms with Crippen LogP contribution in [0.25, 0.3) is 0 Å². The van der Waals surface area contributed by atoms with E-state index in [0.29, 0.717) is 0 Å². The average Bonchev–Trinajstić information content (AvgIpc) is 2.55. The molecule has 2 rings (SSSR count). The first kappa shape index (κ1) is 17.0. The number of hydrogen-bond donors (Lipinski definition) is 0. The summed E-state index contributed by atoms with van der Waals surface area (Å²) in [5.41, 5.74) is -0.212. The van der Waals surface area contributed by atoms with Crippen LogP contribution < -0.4 is 4.74 Å². The van der Waals surface area contributed by atoms with Crippen LogP contribution in [0.15, 0.2) is 18.2 Å². The van der Waals surface area contributed by atoms with Crippen LogP contribution in [0.4, 0.5) is 22.0 Å². The topological polar surface area (TPSA) is 35.5 Å². The van der Waals surface area contributed by atoms with Crippen molar-refractivity contribution >= 4 is 17.6 Å². The maximum atomic E-state index is 13.5. The Morgan fingerprint density at radius 3 is 2.00 bits per heavy atom. The van der Waals surface area contributed by atoms with Gasteiger partial charge < -0.3 is 9.47 Å². The molecular weight excluding hydrogens is 347 g/mol. The summed E-state index contributed by atoms with van der Waals surface area (Å²) in [5.74, 6) is -13.6. The molecule has 0 aliphatic heterocycles. The molecule has 9 heteroatoms. The number of ether oxygens (including phenoxy) is 2. The highest BCUT2D eigenvalue weighted by molar-refractivity contribution is 6.33. The zero-order valence-electron chi connectivity index (χ0n) is 11.2. The Morgan fingerprint density at radius 1 is 0.957 bits per heavy atom. The minimum atomic E-state index is -2.31. The molecule has 3 nitrogen and oxygen atoms in total. The predicted octanol–water partition coefficient (Wildman–Crippen LogP) is 4.61. The lowest BCUT2D eigenvalue weighted by Crippen LogP contribution is -2.05. The molecule has 23 heavy (non-hydrogen) atoms. The molecule has 0 aliphatic carbocycles. The highest BCUT2D eigenvalue weighted by atomic mass is 35.5. The summed E-state index contributed by atoms with van der Waals surface area (Å²) in [6.07, 6.45) is 0. The van der Waals surface area contributed by atoms with Gasteiger partial charge in [0, 0.05) is 0 Å². The van der Waals surface area contributed by atoms with Crippen molar-refractivity contribution in [3.63, 3.8) is 0 Å². The Bertz CT molecular complexity index is 765. The Hall–Kier alpha value is -2.35. The normalized spacial score (nSPS) is 10.6. The molecular formula is C14H6ClF5O3. The molecule has 0 fully saturated rings. The predicted molar refractivity (Wildman–Crippen MR) is 69.1 cm³/mol. The minimum absolute atomic E-state index is 0.0541. The van der Waals surface area contributed by atoms with Crippen LogP contribution in [0.1, 0.15) is 10.4 Å². The fourth-order valence-electron chi connectivity index (χ4n) is 1.63. The molecule has 0 saturated heterocycles. The smallest absolute Gasteiger partial charge is 0.339 e. The Labute approximate surface area is 131 Å². The van der Waals surface area contributed by atoms with Gasteiger partial charge in [-0.3, -0.25) is 0 Å². The minimum Gasteiger partial charge on any atom is -0.465 e. The van der Waals surface area contributed by atoms with Gasteiger partial charge in [-0.25, -0.2) is 18.0 Å². The van der Waals surface area contributed by atoms with Crippen molar-refractivity contribution in [3.05, 3.63) is 57.9 Å². The second-order valence-corrected chi connectivity index (χ2v) is 4.54. The van der Waals surface area contributed by atoms with Gasteiger partial charge in [-0.1, -0.05) is 11.6 Å². The molecule has 0 bridgehead atoms. The van der Waals surface area contributed by atoms with Crippen LogP contribution in [0.2, 0.25) is 5.02 Å². The van der Waals surface area contributed by atoms with Crippen molar-refractivity contribution in [1.29, 1.82) is 0 Å². The van der Waals surface area contributed by atoms with E-state index >= 15 is 0 Å². The number of carbonyl (C=O) groups excluding carboxylic acids is 1. The fourth-order valence-corrected chi connectivity index (χ4v) is 1.82. The summed E-state index contributed by atoms with van der Waals surface area (Å²) in [4.78, 5) is 11.4. The van der Waals surface area contributed by atoms with E-state index in [1.165, 1.54) is 0 Å². The number of benzene rings is 2. The molecule has 0 aliphatic rings. The SMILES string of the molecule is COC(=O)c1cc(Oc2c(F)c(F)c(F)c(F)c2F)ccc1Cl. The number of hydrogen-bond acceptors (Lipinski definition) is 3. The number of rotatable bonds is 3. The third-order valence-corrected chi connectivity index (χ3v) is 3.06. The first-order chi connectivity index (χ1) is 10.8. The van der Waals surface area contributed by atoms with Crippen molar-refractivity contribution in [1.82, 2.24) is 0 Å². The lowest BCUT2D eigenvalue weighted by atomic mass is 10.2. The van der Waals surface area contributed by atoms with Crippen LogP contribution in [0, 0.1) is 29.1 Å². The molecule has 2 aromatic carbocycles. The summed E-state index contributed by atoms with van der Waals surface area (Å²) in [6.45, 7) is 0. The number of methoxy groups -OCH3 is 1. The van der Waals surface area contributed by atoms with Crippen molar-refractivity contribution in [3.8, 4) is 11.5 Å². The largest absolute Gasteiger partial charge is 0.465 e. The first-order valence-electron chi connectivity index (χ1n) is 5.85. The second kappa shape index (κ2) is 6.41. The maximum absolute atomic E-state index is 13.5. The Morgan fingerprint density at radius 2 is 1.48 bits per heavy atom. The molecule has 0 saturated carbocycles. The van der Waals surface area contributed by atoms with E-state index in [1.807, 2.05) is 0 Å². The van der Waals surface area contributed by atoms with Gasteiger partial charge in [0.15, 0.2) is 0 Å². The van der Waals surface area contributed by atoms with Crippen LogP contribution in [-0.4, -0.2) is 13.1 Å². The third kappa shape index (κ3) is 3.07. The summed E-state index contributed by atoms with van der Waals surface area (Å²) in [5, 5.41) is -0.0541. The highest BCUT2D eigenvalue weighted by Crippen LogP contribution is 2.34. The lowest BCUT2D eigenvalue weighted by molar-refractivity contribution is 0.0600. The van der Waals surface area contributed by atoms with Gasteiger partial charge in [-0.2, -0.15) is 8.78 Å². The molecule has 122 valence electrons. The monoisotopic (exact) mass is 352 g/mol. The molecule has 0 N–H and O–H groups in total. The van der Waals surface area contributed by atoms with Crippen LogP contribution in [0.5, 0.6) is 11.5 Å². The number of carbonyl (C=O) groups is 1. The average molecular weight is 353 g/mol. The van der Waals surface area contributed by atoms with Gasteiger partial charge in [-0.05, 0) is 18.2 Å². The van der Waals surface area contributed by atoms with E-state index in [1.54, 1.807) is 0 Å². The highest BCUT2D eigenvalue weighted by Gasteiger charge is 2.27. The zero-order valence-corrected chi connectivity index (χ0v) is 12.0. The van der Waals surface area contributed by atoms with Crippen molar-refractivity contribution in [2.45, 2.75) is 0 Å². The van der Waals surface area contributed by atoms with E-state index in [-0.39, 0.29) is 16.3 Å². The third-order valence-electron chi connectivity index (χ3n) is 2.73. The van der Waals surface area contributed by atoms with Gasteiger partial charge in [0.25, 0.3) is 0 Å². The van der Waals surface area contributed by atoms with Gasteiger partial charge in [0.2, 0.25) is 34.8 Å². The van der Waals surface area contributed by atoms with Gasteiger partial charge >= 0.3 is 5.97 Å². The van der Waals surface area contributed by atoms with E-state index in [0.717, 1.165) is 25.3 Å². The van der Waals surface area contributed by atoms with E-state index in [4.69, 9.17) is 11.6 Å². The first-order valence-corrected chi connectivity index (χ1v) is 6.22. The van der Waals surface area contributed by atoms with Crippen molar-refractivity contribution < 1.29 is 36.2 Å². The molecule has 0 amide bonds. The lowest BCUT2D eigenvalue weighted by Gasteiger charge is -2.11. The Kier molecular flexibility index (Phi) is 4.74. The molecule has 0 atom stereocenters. The van der Waals surface area contributed by atoms with Crippen LogP contribution >= 0.6 is 11.6 Å². The summed E-state index contributed by atoms with van der Waals surface area (Å²) >= 11 is 5.73. The van der Waals surface area contributed by atoms with E-state index in [9.17, 15) is 26.7 Å². The molecule has 0 aromatic heterocycles. The van der Waals surface area contributed by atoms with Crippen LogP contribution in [0.3, 0.4) is 0 Å². The number of esters is 1. The fraction of sp³-hybridized carbons (Fsp3) is 0.0714. The van der Waals surface area contributed by atoms with E-state index in [2.05, 4.69) is 9.47 Å². The molecule has 0 spiro atoms. The Balaban J connectivity index is 2.51. The molecule has 2 aromatic rings. The summed E-state index contributed by atoms with van der Waals surface area (Å²) in [7, 11) is 1.07. The van der Waals surface area contributed by atoms with Gasteiger partial charge in [0.05, 0.1) is 17.7 Å². The summed E-state index contributed by atoms with van der Waals surface area (Å²) in [6, 6.07) is 3.15. The van der Waals surface area contributed by atoms with Gasteiger partial charge in [0.1, 0.15) is 5.75 Å². The summed E-state index contributed by atoms with van der Waals surface area (Å²) < 4.78 is 75.3. The zero-order chi connectivity index (χ0) is 17.3. The van der Waals surface area contributed by atoms with Crippen LogP contribution in [-0.2, 0) is 4.74 Å². The van der Waals surface area contributed by atoms with E-state index < -0.39 is 40.8 Å². The number of halogens is 6. The quantitative estimate of drug-likeness (QED) is 0.350. The van der Waals surface area contributed by atoms with Crippen molar-refractivity contribution in [2.75, 3.05) is 7.11 Å². The maximum Gasteiger partial charge on any atom is 0.339 e. The van der Waals surface area contributed by atoms with Crippen molar-refractivity contribution in [2.24, 2.45) is 0 Å². The second-order valence-electron chi connectivity index (χ2n) is 4.13. The molecule has 0 heterocycles. The molecule has 0 unspecified atom stereocenters. The van der Waals surface area contributed by atoms with Gasteiger partial charge in [-0.15, -0.1) is 0 Å².